The van der Waals surface area contributed by atoms with Gasteiger partial charge in [0.25, 0.3) is 0 Å². The molecule has 0 aliphatic carbocycles. The summed E-state index contributed by atoms with van der Waals surface area (Å²) in [6, 6.07) is 11.7. The Balaban J connectivity index is 2.26. The third-order valence-corrected chi connectivity index (χ3v) is 3.94. The highest BCUT2D eigenvalue weighted by molar-refractivity contribution is 5.96. The van der Waals surface area contributed by atoms with Crippen molar-refractivity contribution in [3.8, 4) is 11.5 Å². The molecule has 0 bridgehead atoms. The van der Waals surface area contributed by atoms with Crippen molar-refractivity contribution in [1.29, 1.82) is 0 Å². The van der Waals surface area contributed by atoms with Crippen molar-refractivity contribution in [3.63, 3.8) is 0 Å². The Labute approximate surface area is 136 Å². The third-order valence-electron chi connectivity index (χ3n) is 3.94. The van der Waals surface area contributed by atoms with E-state index in [1.807, 2.05) is 19.1 Å². The number of ether oxygens (including phenoxy) is 2. The second-order valence-corrected chi connectivity index (χ2v) is 5.36. The van der Waals surface area contributed by atoms with E-state index < -0.39 is 5.82 Å². The monoisotopic (exact) mass is 316 g/mol. The molecule has 0 fully saturated rings. The predicted octanol–water partition coefficient (Wildman–Crippen LogP) is 4.61. The molecule has 0 aliphatic heterocycles. The first kappa shape index (κ1) is 17.0. The molecule has 2 aromatic rings. The van der Waals surface area contributed by atoms with E-state index in [2.05, 4.69) is 0 Å². The summed E-state index contributed by atoms with van der Waals surface area (Å²) in [5.41, 5.74) is 1.09. The maximum absolute atomic E-state index is 13.8. The maximum atomic E-state index is 13.8. The molecule has 0 aliphatic rings. The third kappa shape index (κ3) is 4.09. The fourth-order valence-corrected chi connectivity index (χ4v) is 2.58. The van der Waals surface area contributed by atoms with E-state index in [0.29, 0.717) is 11.5 Å². The molecule has 3 nitrogen and oxygen atoms in total. The number of hydrogen-bond donors (Lipinski definition) is 0. The van der Waals surface area contributed by atoms with E-state index in [1.165, 1.54) is 12.1 Å². The summed E-state index contributed by atoms with van der Waals surface area (Å²) >= 11 is 0. The van der Waals surface area contributed by atoms with Crippen molar-refractivity contribution >= 4 is 5.78 Å². The predicted molar refractivity (Wildman–Crippen MR) is 87.9 cm³/mol. The molecule has 0 saturated heterocycles. The Kier molecular flexibility index (Phi) is 5.74. The first-order valence-corrected chi connectivity index (χ1v) is 7.59. The lowest BCUT2D eigenvalue weighted by molar-refractivity contribution is 0.0969. The standard InChI is InChI=1S/C19H21FO3/c1-4-13(11-19(21)17-7-5-6-8-18(17)20)14-9-15(22-2)12-16(10-14)23-3/h5-10,12-13H,4,11H2,1-3H3. The number of carbonyl (C=O) groups excluding carboxylic acids is 1. The molecule has 1 unspecified atom stereocenters. The Hall–Kier alpha value is -2.36. The number of rotatable bonds is 7. The number of methoxy groups -OCH3 is 2. The average molecular weight is 316 g/mol. The molecule has 0 saturated carbocycles. The molecular weight excluding hydrogens is 295 g/mol. The Morgan fingerprint density at radius 1 is 1.09 bits per heavy atom. The van der Waals surface area contributed by atoms with E-state index in [0.717, 1.165) is 12.0 Å². The van der Waals surface area contributed by atoms with Gasteiger partial charge in [0, 0.05) is 12.5 Å². The topological polar surface area (TPSA) is 35.5 Å². The minimum atomic E-state index is -0.476. The largest absolute Gasteiger partial charge is 0.497 e. The van der Waals surface area contributed by atoms with E-state index in [9.17, 15) is 9.18 Å². The quantitative estimate of drug-likeness (QED) is 0.700. The van der Waals surface area contributed by atoms with Crippen molar-refractivity contribution in [2.45, 2.75) is 25.7 Å². The highest BCUT2D eigenvalue weighted by atomic mass is 19.1. The lowest BCUT2D eigenvalue weighted by Gasteiger charge is -2.17. The van der Waals surface area contributed by atoms with Gasteiger partial charge in [0.1, 0.15) is 17.3 Å². The number of halogens is 1. The average Bonchev–Trinajstić information content (AvgIpc) is 2.59. The van der Waals surface area contributed by atoms with Crippen LogP contribution in [0.3, 0.4) is 0 Å². The molecule has 4 heteroatoms. The molecule has 0 heterocycles. The zero-order valence-electron chi connectivity index (χ0n) is 13.6. The van der Waals surface area contributed by atoms with E-state index >= 15 is 0 Å². The van der Waals surface area contributed by atoms with Crippen LogP contribution in [0.15, 0.2) is 42.5 Å². The van der Waals surface area contributed by atoms with Gasteiger partial charge in [0.15, 0.2) is 5.78 Å². The molecule has 122 valence electrons. The molecule has 0 spiro atoms. The molecule has 2 aromatic carbocycles. The normalized spacial score (nSPS) is 11.8. The van der Waals surface area contributed by atoms with Gasteiger partial charge in [-0.25, -0.2) is 4.39 Å². The van der Waals surface area contributed by atoms with Gasteiger partial charge in [-0.05, 0) is 42.2 Å². The van der Waals surface area contributed by atoms with E-state index in [-0.39, 0.29) is 23.7 Å². The summed E-state index contributed by atoms with van der Waals surface area (Å²) in [5, 5.41) is 0. The molecular formula is C19H21FO3. The lowest BCUT2D eigenvalue weighted by Crippen LogP contribution is -2.09. The second kappa shape index (κ2) is 7.77. The van der Waals surface area contributed by atoms with Crippen molar-refractivity contribution in [3.05, 3.63) is 59.4 Å². The van der Waals surface area contributed by atoms with Gasteiger partial charge < -0.3 is 9.47 Å². The Morgan fingerprint density at radius 3 is 2.22 bits per heavy atom. The second-order valence-electron chi connectivity index (χ2n) is 5.36. The van der Waals surface area contributed by atoms with Gasteiger partial charge in [-0.1, -0.05) is 19.1 Å². The minimum absolute atomic E-state index is 0.0221. The maximum Gasteiger partial charge on any atom is 0.166 e. The summed E-state index contributed by atoms with van der Waals surface area (Å²) < 4.78 is 24.3. The van der Waals surface area contributed by atoms with Gasteiger partial charge in [0.05, 0.1) is 19.8 Å². The van der Waals surface area contributed by atoms with Crippen molar-refractivity contribution in [2.24, 2.45) is 0 Å². The smallest absolute Gasteiger partial charge is 0.166 e. The van der Waals surface area contributed by atoms with Crippen molar-refractivity contribution in [1.82, 2.24) is 0 Å². The van der Waals surface area contributed by atoms with E-state index in [1.54, 1.807) is 32.4 Å². The lowest BCUT2D eigenvalue weighted by atomic mass is 9.89. The van der Waals surface area contributed by atoms with Crippen LogP contribution in [0.1, 0.15) is 41.6 Å². The van der Waals surface area contributed by atoms with Crippen LogP contribution in [0.2, 0.25) is 0 Å². The number of hydrogen-bond acceptors (Lipinski definition) is 3. The Morgan fingerprint density at radius 2 is 1.70 bits per heavy atom. The molecule has 2 rings (SSSR count). The number of ketones is 1. The molecule has 23 heavy (non-hydrogen) atoms. The first-order valence-electron chi connectivity index (χ1n) is 7.59. The van der Waals surface area contributed by atoms with Crippen molar-refractivity contribution in [2.75, 3.05) is 14.2 Å². The summed E-state index contributed by atoms with van der Waals surface area (Å²) in [7, 11) is 3.17. The van der Waals surface area contributed by atoms with Gasteiger partial charge in [-0.15, -0.1) is 0 Å². The SMILES string of the molecule is CCC(CC(=O)c1ccccc1F)c1cc(OC)cc(OC)c1. The number of carbonyl (C=O) groups is 1. The van der Waals surface area contributed by atoms with Gasteiger partial charge in [-0.2, -0.15) is 0 Å². The highest BCUT2D eigenvalue weighted by Gasteiger charge is 2.19. The summed E-state index contributed by atoms with van der Waals surface area (Å²) in [4.78, 5) is 12.4. The molecule has 1 atom stereocenters. The minimum Gasteiger partial charge on any atom is -0.497 e. The van der Waals surface area contributed by atoms with Crippen LogP contribution in [0.4, 0.5) is 4.39 Å². The number of Topliss-reactive ketones (excluding diaryl/α,β-unsaturated/α-hetero) is 1. The summed E-state index contributed by atoms with van der Waals surface area (Å²) in [6.45, 7) is 2.01. The van der Waals surface area contributed by atoms with Crippen LogP contribution in [-0.2, 0) is 0 Å². The van der Waals surface area contributed by atoms with Gasteiger partial charge >= 0.3 is 0 Å². The van der Waals surface area contributed by atoms with Crippen LogP contribution in [0.25, 0.3) is 0 Å². The zero-order chi connectivity index (χ0) is 16.8. The van der Waals surface area contributed by atoms with Crippen LogP contribution < -0.4 is 9.47 Å². The number of benzene rings is 2. The molecule has 0 amide bonds. The van der Waals surface area contributed by atoms with Crippen molar-refractivity contribution < 1.29 is 18.7 Å². The van der Waals surface area contributed by atoms with Crippen LogP contribution >= 0.6 is 0 Å². The van der Waals surface area contributed by atoms with Crippen LogP contribution in [0.5, 0.6) is 11.5 Å². The molecule has 0 N–H and O–H groups in total. The fourth-order valence-electron chi connectivity index (χ4n) is 2.58. The van der Waals surface area contributed by atoms with Crippen LogP contribution in [-0.4, -0.2) is 20.0 Å². The first-order chi connectivity index (χ1) is 11.1. The molecule has 0 aromatic heterocycles. The van der Waals surface area contributed by atoms with Gasteiger partial charge in [-0.3, -0.25) is 4.79 Å². The van der Waals surface area contributed by atoms with E-state index in [4.69, 9.17) is 9.47 Å². The highest BCUT2D eigenvalue weighted by Crippen LogP contribution is 2.32. The summed E-state index contributed by atoms with van der Waals surface area (Å²) in [5.74, 6) is 0.658. The zero-order valence-corrected chi connectivity index (χ0v) is 13.6. The van der Waals surface area contributed by atoms with Gasteiger partial charge in [0.2, 0.25) is 0 Å². The fraction of sp³-hybridized carbons (Fsp3) is 0.316. The Bertz CT molecular complexity index is 660. The molecule has 0 radical (unpaired) electrons. The van der Waals surface area contributed by atoms with Crippen LogP contribution in [0, 0.1) is 5.82 Å². The summed E-state index contributed by atoms with van der Waals surface area (Å²) in [6.07, 6.45) is 1.00.